The van der Waals surface area contributed by atoms with E-state index in [0.717, 1.165) is 35.5 Å². The predicted octanol–water partition coefficient (Wildman–Crippen LogP) is 4.98. The van der Waals surface area contributed by atoms with Gasteiger partial charge in [0.25, 0.3) is 0 Å². The van der Waals surface area contributed by atoms with Crippen molar-refractivity contribution in [3.8, 4) is 5.75 Å². The van der Waals surface area contributed by atoms with E-state index < -0.39 is 0 Å². The molecule has 1 aliphatic heterocycles. The summed E-state index contributed by atoms with van der Waals surface area (Å²) >= 11 is 11.6. The van der Waals surface area contributed by atoms with E-state index in [4.69, 9.17) is 28.6 Å². The van der Waals surface area contributed by atoms with E-state index in [1.807, 2.05) is 43.3 Å². The maximum atomic E-state index is 12.3. The smallest absolute Gasteiger partial charge is 0.227 e. The summed E-state index contributed by atoms with van der Waals surface area (Å²) < 4.78 is 5.44. The zero-order chi connectivity index (χ0) is 19.4. The van der Waals surface area contributed by atoms with Gasteiger partial charge in [0.15, 0.2) is 5.11 Å². The van der Waals surface area contributed by atoms with Crippen LogP contribution in [0.1, 0.15) is 24.8 Å². The number of nitrogens with zero attached hydrogens (tertiary/aromatic N) is 1. The van der Waals surface area contributed by atoms with E-state index in [1.54, 1.807) is 12.0 Å². The molecule has 1 fully saturated rings. The summed E-state index contributed by atoms with van der Waals surface area (Å²) in [5, 5.41) is 7.39. The van der Waals surface area contributed by atoms with Crippen molar-refractivity contribution in [2.45, 2.75) is 26.2 Å². The molecule has 1 amide bonds. The maximum absolute atomic E-state index is 12.3. The molecule has 0 spiro atoms. The van der Waals surface area contributed by atoms with Crippen molar-refractivity contribution in [1.82, 2.24) is 0 Å². The number of benzene rings is 2. The van der Waals surface area contributed by atoms with E-state index >= 15 is 0 Å². The SMILES string of the molecule is COc1ccc(NC(=S)Nc2ccc(C)c(Cl)c2)cc1N1CCCCC1=O. The quantitative estimate of drug-likeness (QED) is 0.705. The second kappa shape index (κ2) is 8.59. The van der Waals surface area contributed by atoms with Gasteiger partial charge in [-0.25, -0.2) is 0 Å². The lowest BCUT2D eigenvalue weighted by molar-refractivity contribution is -0.119. The van der Waals surface area contributed by atoms with Crippen molar-refractivity contribution in [1.29, 1.82) is 0 Å². The molecule has 2 aromatic carbocycles. The number of hydrogen-bond acceptors (Lipinski definition) is 3. The number of methoxy groups -OCH3 is 1. The molecule has 1 saturated heterocycles. The molecule has 2 aromatic rings. The van der Waals surface area contributed by atoms with Gasteiger partial charge in [-0.05, 0) is 67.9 Å². The molecular weight excluding hydrogens is 382 g/mol. The van der Waals surface area contributed by atoms with Gasteiger partial charge in [-0.2, -0.15) is 0 Å². The fourth-order valence-corrected chi connectivity index (χ4v) is 3.42. The number of thiocarbonyl (C=S) groups is 1. The number of hydrogen-bond donors (Lipinski definition) is 2. The molecule has 0 atom stereocenters. The molecule has 1 aliphatic rings. The summed E-state index contributed by atoms with van der Waals surface area (Å²) in [6.45, 7) is 2.65. The average Bonchev–Trinajstić information content (AvgIpc) is 2.65. The van der Waals surface area contributed by atoms with Crippen LogP contribution in [0.4, 0.5) is 17.1 Å². The molecule has 0 bridgehead atoms. The minimum atomic E-state index is 0.117. The number of carbonyl (C=O) groups is 1. The molecule has 0 saturated carbocycles. The molecule has 27 heavy (non-hydrogen) atoms. The Morgan fingerprint density at radius 1 is 1.15 bits per heavy atom. The standard InChI is InChI=1S/C20H22ClN3O2S/c1-13-6-7-14(11-16(13)21)22-20(27)23-15-8-9-18(26-2)17(12-15)24-10-4-3-5-19(24)25/h6-9,11-12H,3-5,10H2,1-2H3,(H2,22,23,27). The van der Waals surface area contributed by atoms with E-state index in [9.17, 15) is 4.79 Å². The Hall–Kier alpha value is -2.31. The topological polar surface area (TPSA) is 53.6 Å². The van der Waals surface area contributed by atoms with Gasteiger partial charge < -0.3 is 20.3 Å². The van der Waals surface area contributed by atoms with Gasteiger partial charge in [-0.3, -0.25) is 4.79 Å². The third kappa shape index (κ3) is 4.70. The zero-order valence-electron chi connectivity index (χ0n) is 15.3. The Bertz CT molecular complexity index is 872. The second-order valence-corrected chi connectivity index (χ2v) is 7.25. The second-order valence-electron chi connectivity index (χ2n) is 6.43. The van der Waals surface area contributed by atoms with Crippen molar-refractivity contribution >= 4 is 51.9 Å². The van der Waals surface area contributed by atoms with Crippen LogP contribution < -0.4 is 20.3 Å². The van der Waals surface area contributed by atoms with Gasteiger partial charge in [0.1, 0.15) is 5.75 Å². The minimum Gasteiger partial charge on any atom is -0.495 e. The summed E-state index contributed by atoms with van der Waals surface area (Å²) in [4.78, 5) is 14.1. The van der Waals surface area contributed by atoms with Gasteiger partial charge in [0.2, 0.25) is 5.91 Å². The summed E-state index contributed by atoms with van der Waals surface area (Å²) in [6, 6.07) is 11.3. The highest BCUT2D eigenvalue weighted by Gasteiger charge is 2.23. The Morgan fingerprint density at radius 3 is 2.52 bits per heavy atom. The summed E-state index contributed by atoms with van der Waals surface area (Å²) in [5.41, 5.74) is 3.35. The molecule has 3 rings (SSSR count). The van der Waals surface area contributed by atoms with Crippen LogP contribution >= 0.6 is 23.8 Å². The molecule has 5 nitrogen and oxygen atoms in total. The lowest BCUT2D eigenvalue weighted by Gasteiger charge is -2.28. The fourth-order valence-electron chi connectivity index (χ4n) is 3.00. The Balaban J connectivity index is 1.76. The molecule has 1 heterocycles. The van der Waals surface area contributed by atoms with Crippen molar-refractivity contribution in [2.75, 3.05) is 29.2 Å². The first-order chi connectivity index (χ1) is 13.0. The number of ether oxygens (including phenoxy) is 1. The number of aryl methyl sites for hydroxylation is 1. The van der Waals surface area contributed by atoms with Gasteiger partial charge >= 0.3 is 0 Å². The van der Waals surface area contributed by atoms with Crippen LogP contribution in [0.5, 0.6) is 5.75 Å². The summed E-state index contributed by atoms with van der Waals surface area (Å²) in [7, 11) is 1.60. The van der Waals surface area contributed by atoms with Crippen LogP contribution in [-0.2, 0) is 4.79 Å². The lowest BCUT2D eigenvalue weighted by Crippen LogP contribution is -2.35. The minimum absolute atomic E-state index is 0.117. The molecule has 0 radical (unpaired) electrons. The highest BCUT2D eigenvalue weighted by atomic mass is 35.5. The van der Waals surface area contributed by atoms with Gasteiger partial charge in [-0.15, -0.1) is 0 Å². The molecule has 0 aromatic heterocycles. The van der Waals surface area contributed by atoms with Crippen LogP contribution in [0.2, 0.25) is 5.02 Å². The molecule has 7 heteroatoms. The molecule has 2 N–H and O–H groups in total. The molecule has 142 valence electrons. The number of anilines is 3. The van der Waals surface area contributed by atoms with E-state index in [1.165, 1.54) is 0 Å². The lowest BCUT2D eigenvalue weighted by atomic mass is 10.1. The molecular formula is C20H22ClN3O2S. The van der Waals surface area contributed by atoms with Gasteiger partial charge in [0.05, 0.1) is 12.8 Å². The third-order valence-electron chi connectivity index (χ3n) is 4.48. The number of carbonyl (C=O) groups excluding carboxylic acids is 1. The van der Waals surface area contributed by atoms with Crippen LogP contribution in [0.25, 0.3) is 0 Å². The number of piperidine rings is 1. The Kier molecular flexibility index (Phi) is 6.19. The highest BCUT2D eigenvalue weighted by Crippen LogP contribution is 2.33. The van der Waals surface area contributed by atoms with E-state index in [-0.39, 0.29) is 5.91 Å². The first-order valence-electron chi connectivity index (χ1n) is 8.80. The number of rotatable bonds is 4. The zero-order valence-corrected chi connectivity index (χ0v) is 16.9. The van der Waals surface area contributed by atoms with Gasteiger partial charge in [-0.1, -0.05) is 17.7 Å². The fraction of sp³-hybridized carbons (Fsp3) is 0.300. The Labute approximate surface area is 169 Å². The van der Waals surface area contributed by atoms with Crippen LogP contribution in [-0.4, -0.2) is 24.7 Å². The van der Waals surface area contributed by atoms with Crippen molar-refractivity contribution in [3.05, 3.63) is 47.0 Å². The summed E-state index contributed by atoms with van der Waals surface area (Å²) in [6.07, 6.45) is 2.48. The number of halogens is 1. The number of nitrogens with one attached hydrogen (secondary N) is 2. The molecule has 0 aliphatic carbocycles. The normalized spacial score (nSPS) is 14.0. The Morgan fingerprint density at radius 2 is 1.85 bits per heavy atom. The maximum Gasteiger partial charge on any atom is 0.227 e. The first kappa shape index (κ1) is 19.5. The van der Waals surface area contributed by atoms with Crippen molar-refractivity contribution < 1.29 is 9.53 Å². The largest absolute Gasteiger partial charge is 0.495 e. The highest BCUT2D eigenvalue weighted by molar-refractivity contribution is 7.80. The summed E-state index contributed by atoms with van der Waals surface area (Å²) in [5.74, 6) is 0.784. The van der Waals surface area contributed by atoms with E-state index in [2.05, 4.69) is 10.6 Å². The van der Waals surface area contributed by atoms with Crippen LogP contribution in [0.15, 0.2) is 36.4 Å². The number of amides is 1. The van der Waals surface area contributed by atoms with Crippen molar-refractivity contribution in [3.63, 3.8) is 0 Å². The van der Waals surface area contributed by atoms with E-state index in [0.29, 0.717) is 28.9 Å². The molecule has 0 unspecified atom stereocenters. The first-order valence-corrected chi connectivity index (χ1v) is 9.59. The average molecular weight is 404 g/mol. The van der Waals surface area contributed by atoms with Crippen LogP contribution in [0, 0.1) is 6.92 Å². The monoisotopic (exact) mass is 403 g/mol. The van der Waals surface area contributed by atoms with Gasteiger partial charge in [0, 0.05) is 29.4 Å². The van der Waals surface area contributed by atoms with Crippen molar-refractivity contribution in [2.24, 2.45) is 0 Å². The third-order valence-corrected chi connectivity index (χ3v) is 5.09. The van der Waals surface area contributed by atoms with Crippen LogP contribution in [0.3, 0.4) is 0 Å². The predicted molar refractivity (Wildman–Crippen MR) is 115 cm³/mol.